The summed E-state index contributed by atoms with van der Waals surface area (Å²) in [7, 11) is 0. The zero-order valence-corrected chi connectivity index (χ0v) is 10.8. The smallest absolute Gasteiger partial charge is 0.131 e. The highest BCUT2D eigenvalue weighted by Crippen LogP contribution is 2.29. The van der Waals surface area contributed by atoms with Gasteiger partial charge in [0.05, 0.1) is 0 Å². The Labute approximate surface area is 104 Å². The summed E-state index contributed by atoms with van der Waals surface area (Å²) >= 11 is 0. The molecule has 0 unspecified atom stereocenters. The highest BCUT2D eigenvalue weighted by atomic mass is 14.9. The molecule has 0 atom stereocenters. The van der Waals surface area contributed by atoms with Crippen LogP contribution in [0.5, 0.6) is 0 Å². The summed E-state index contributed by atoms with van der Waals surface area (Å²) in [5, 5.41) is 3.29. The molecule has 1 aliphatic carbocycles. The first-order valence-electron chi connectivity index (χ1n) is 6.91. The normalized spacial score (nSPS) is 17.9. The maximum absolute atomic E-state index is 4.55. The first-order valence-corrected chi connectivity index (χ1v) is 6.91. The molecule has 3 nitrogen and oxygen atoms in total. The van der Waals surface area contributed by atoms with Crippen LogP contribution in [0.4, 0.5) is 0 Å². The van der Waals surface area contributed by atoms with Gasteiger partial charge >= 0.3 is 0 Å². The van der Waals surface area contributed by atoms with Crippen molar-refractivity contribution in [3.8, 4) is 0 Å². The first kappa shape index (κ1) is 12.5. The Morgan fingerprint density at radius 1 is 1.12 bits per heavy atom. The standard InChI is InChI=1S/C14H23N3/c1-2-15-9-12-10-16-14(17-11-12)13-7-5-3-4-6-8-13/h10-11,13,15H,2-9H2,1H3. The molecule has 1 fully saturated rings. The molecule has 1 heterocycles. The van der Waals surface area contributed by atoms with E-state index in [1.54, 1.807) is 0 Å². The predicted octanol–water partition coefficient (Wildman–Crippen LogP) is 3.02. The molecule has 3 heteroatoms. The SMILES string of the molecule is CCNCc1cnc(C2CCCCCC2)nc1. The van der Waals surface area contributed by atoms with E-state index in [0.717, 1.165) is 18.9 Å². The van der Waals surface area contributed by atoms with E-state index < -0.39 is 0 Å². The molecule has 0 radical (unpaired) electrons. The number of rotatable bonds is 4. The molecule has 0 aromatic carbocycles. The van der Waals surface area contributed by atoms with Gasteiger partial charge in [-0.1, -0.05) is 32.6 Å². The minimum Gasteiger partial charge on any atom is -0.313 e. The van der Waals surface area contributed by atoms with Crippen molar-refractivity contribution in [3.05, 3.63) is 23.8 Å². The lowest BCUT2D eigenvalue weighted by atomic mass is 9.99. The van der Waals surface area contributed by atoms with Crippen molar-refractivity contribution in [2.45, 2.75) is 57.9 Å². The van der Waals surface area contributed by atoms with Gasteiger partial charge in [0.2, 0.25) is 0 Å². The van der Waals surface area contributed by atoms with Gasteiger partial charge in [0, 0.05) is 30.4 Å². The fourth-order valence-corrected chi connectivity index (χ4v) is 2.47. The third-order valence-corrected chi connectivity index (χ3v) is 3.52. The van der Waals surface area contributed by atoms with E-state index >= 15 is 0 Å². The fraction of sp³-hybridized carbons (Fsp3) is 0.714. The van der Waals surface area contributed by atoms with E-state index in [4.69, 9.17) is 0 Å². The van der Waals surface area contributed by atoms with Crippen molar-refractivity contribution in [1.29, 1.82) is 0 Å². The number of aromatic nitrogens is 2. The number of hydrogen-bond acceptors (Lipinski definition) is 3. The van der Waals surface area contributed by atoms with Gasteiger partial charge in [-0.2, -0.15) is 0 Å². The van der Waals surface area contributed by atoms with Crippen LogP contribution in [-0.2, 0) is 6.54 Å². The maximum Gasteiger partial charge on any atom is 0.131 e. The van der Waals surface area contributed by atoms with Crippen LogP contribution in [0.15, 0.2) is 12.4 Å². The number of hydrogen-bond donors (Lipinski definition) is 1. The molecular formula is C14H23N3. The van der Waals surface area contributed by atoms with Crippen molar-refractivity contribution in [2.75, 3.05) is 6.54 Å². The van der Waals surface area contributed by atoms with Crippen LogP contribution in [0, 0.1) is 0 Å². The Hall–Kier alpha value is -0.960. The van der Waals surface area contributed by atoms with Gasteiger partial charge in [-0.05, 0) is 19.4 Å². The van der Waals surface area contributed by atoms with Gasteiger partial charge < -0.3 is 5.32 Å². The number of nitrogens with zero attached hydrogens (tertiary/aromatic N) is 2. The summed E-state index contributed by atoms with van der Waals surface area (Å²) in [6.07, 6.45) is 12.0. The average molecular weight is 233 g/mol. The molecule has 0 amide bonds. The van der Waals surface area contributed by atoms with Gasteiger partial charge in [0.15, 0.2) is 0 Å². The Kier molecular flexibility index (Phi) is 4.92. The molecule has 0 spiro atoms. The molecule has 1 aromatic heterocycles. The molecule has 2 rings (SSSR count). The summed E-state index contributed by atoms with van der Waals surface area (Å²) in [4.78, 5) is 9.09. The first-order chi connectivity index (χ1) is 8.40. The largest absolute Gasteiger partial charge is 0.313 e. The number of nitrogens with one attached hydrogen (secondary N) is 1. The van der Waals surface area contributed by atoms with Crippen LogP contribution in [0.1, 0.15) is 62.8 Å². The van der Waals surface area contributed by atoms with Gasteiger partial charge in [-0.25, -0.2) is 9.97 Å². The average Bonchev–Trinajstić information content (AvgIpc) is 2.66. The third-order valence-electron chi connectivity index (χ3n) is 3.52. The molecule has 1 aliphatic rings. The summed E-state index contributed by atoms with van der Waals surface area (Å²) in [5.74, 6) is 1.66. The molecule has 1 aromatic rings. The van der Waals surface area contributed by atoms with Crippen molar-refractivity contribution in [3.63, 3.8) is 0 Å². The van der Waals surface area contributed by atoms with E-state index in [9.17, 15) is 0 Å². The van der Waals surface area contributed by atoms with Gasteiger partial charge in [0.25, 0.3) is 0 Å². The van der Waals surface area contributed by atoms with E-state index in [-0.39, 0.29) is 0 Å². The van der Waals surface area contributed by atoms with Crippen LogP contribution in [0.3, 0.4) is 0 Å². The third kappa shape index (κ3) is 3.77. The van der Waals surface area contributed by atoms with E-state index in [0.29, 0.717) is 5.92 Å². The second-order valence-electron chi connectivity index (χ2n) is 4.92. The van der Waals surface area contributed by atoms with Gasteiger partial charge in [-0.3, -0.25) is 0 Å². The minimum atomic E-state index is 0.602. The Morgan fingerprint density at radius 3 is 2.35 bits per heavy atom. The molecule has 0 aliphatic heterocycles. The van der Waals surface area contributed by atoms with Crippen LogP contribution < -0.4 is 5.32 Å². The Morgan fingerprint density at radius 2 is 1.76 bits per heavy atom. The van der Waals surface area contributed by atoms with Crippen molar-refractivity contribution in [1.82, 2.24) is 15.3 Å². The lowest BCUT2D eigenvalue weighted by Gasteiger charge is -2.12. The van der Waals surface area contributed by atoms with Crippen LogP contribution in [-0.4, -0.2) is 16.5 Å². The molecule has 1 N–H and O–H groups in total. The summed E-state index contributed by atoms with van der Waals surface area (Å²) < 4.78 is 0. The van der Waals surface area contributed by atoms with E-state index in [1.165, 1.54) is 44.1 Å². The summed E-state index contributed by atoms with van der Waals surface area (Å²) in [6, 6.07) is 0. The van der Waals surface area contributed by atoms with E-state index in [2.05, 4.69) is 22.2 Å². The highest BCUT2D eigenvalue weighted by Gasteiger charge is 2.16. The lowest BCUT2D eigenvalue weighted by molar-refractivity contribution is 0.558. The molecular weight excluding hydrogens is 210 g/mol. The second-order valence-corrected chi connectivity index (χ2v) is 4.92. The van der Waals surface area contributed by atoms with Gasteiger partial charge in [0.1, 0.15) is 5.82 Å². The Balaban J connectivity index is 1.96. The summed E-state index contributed by atoms with van der Waals surface area (Å²) in [5.41, 5.74) is 1.18. The van der Waals surface area contributed by atoms with Crippen LogP contribution >= 0.6 is 0 Å². The summed E-state index contributed by atoms with van der Waals surface area (Å²) in [6.45, 7) is 3.98. The highest BCUT2D eigenvalue weighted by molar-refractivity contribution is 5.07. The molecule has 17 heavy (non-hydrogen) atoms. The maximum atomic E-state index is 4.55. The zero-order chi connectivity index (χ0) is 11.9. The minimum absolute atomic E-state index is 0.602. The second kappa shape index (κ2) is 6.70. The van der Waals surface area contributed by atoms with Crippen molar-refractivity contribution in [2.24, 2.45) is 0 Å². The van der Waals surface area contributed by atoms with Crippen molar-refractivity contribution < 1.29 is 0 Å². The monoisotopic (exact) mass is 233 g/mol. The molecule has 94 valence electrons. The quantitative estimate of drug-likeness (QED) is 0.812. The molecule has 0 saturated heterocycles. The van der Waals surface area contributed by atoms with Crippen molar-refractivity contribution >= 4 is 0 Å². The molecule has 0 bridgehead atoms. The van der Waals surface area contributed by atoms with E-state index in [1.807, 2.05) is 12.4 Å². The zero-order valence-electron chi connectivity index (χ0n) is 10.8. The molecule has 1 saturated carbocycles. The van der Waals surface area contributed by atoms with Crippen LogP contribution in [0.2, 0.25) is 0 Å². The lowest BCUT2D eigenvalue weighted by Crippen LogP contribution is -2.13. The Bertz CT molecular complexity index is 313. The van der Waals surface area contributed by atoms with Gasteiger partial charge in [-0.15, -0.1) is 0 Å². The predicted molar refractivity (Wildman–Crippen MR) is 69.9 cm³/mol. The van der Waals surface area contributed by atoms with Crippen LogP contribution in [0.25, 0.3) is 0 Å². The fourth-order valence-electron chi connectivity index (χ4n) is 2.47. The topological polar surface area (TPSA) is 37.8 Å².